The highest BCUT2D eigenvalue weighted by molar-refractivity contribution is 6.99. The molecule has 0 aliphatic carbocycles. The first kappa shape index (κ1) is 18.1. The van der Waals surface area contributed by atoms with Crippen LogP contribution in [0.3, 0.4) is 0 Å². The van der Waals surface area contributed by atoms with Gasteiger partial charge in [-0.2, -0.15) is 0 Å². The lowest BCUT2D eigenvalue weighted by Crippen LogP contribution is -2.67. The van der Waals surface area contributed by atoms with Crippen LogP contribution in [0.15, 0.2) is 72.8 Å². The Balaban J connectivity index is 2.03. The van der Waals surface area contributed by atoms with Crippen LogP contribution in [0.4, 0.5) is 0 Å². The van der Waals surface area contributed by atoms with Crippen molar-refractivity contribution < 1.29 is 4.43 Å². The molecule has 0 amide bonds. The van der Waals surface area contributed by atoms with Gasteiger partial charge in [-0.3, -0.25) is 0 Å². The Kier molecular flexibility index (Phi) is 5.57. The second kappa shape index (κ2) is 7.69. The molecule has 25 heavy (non-hydrogen) atoms. The summed E-state index contributed by atoms with van der Waals surface area (Å²) in [6, 6.07) is 22.1. The Morgan fingerprint density at radius 1 is 0.920 bits per heavy atom. The van der Waals surface area contributed by atoms with Gasteiger partial charge in [-0.15, -0.1) is 0 Å². The topological polar surface area (TPSA) is 21.3 Å². The van der Waals surface area contributed by atoms with Crippen molar-refractivity contribution in [3.8, 4) is 0 Å². The number of benzene rings is 2. The Bertz CT molecular complexity index is 651. The Morgan fingerprint density at radius 3 is 1.92 bits per heavy atom. The first-order chi connectivity index (χ1) is 12.0. The summed E-state index contributed by atoms with van der Waals surface area (Å²) in [4.78, 5) is 0. The molecule has 0 bridgehead atoms. The lowest BCUT2D eigenvalue weighted by atomic mass is 10.1. The molecule has 1 atom stereocenters. The molecule has 3 heteroatoms. The molecule has 0 aromatic heterocycles. The summed E-state index contributed by atoms with van der Waals surface area (Å²) in [5, 5.41) is 6.29. The van der Waals surface area contributed by atoms with Crippen LogP contribution in [-0.4, -0.2) is 27.5 Å². The molecule has 2 aromatic carbocycles. The molecule has 1 aliphatic heterocycles. The van der Waals surface area contributed by atoms with Gasteiger partial charge in [0, 0.05) is 12.6 Å². The van der Waals surface area contributed by atoms with Gasteiger partial charge in [0.15, 0.2) is 0 Å². The number of nitrogens with one attached hydrogen (secondary N) is 1. The van der Waals surface area contributed by atoms with E-state index < -0.39 is 8.32 Å². The second-order valence-corrected chi connectivity index (χ2v) is 12.1. The third-order valence-electron chi connectivity index (χ3n) is 5.03. The SMILES string of the molecule is CC(C)(C)[Si](OCC1CC=CCN1)(c1ccccc1)c1ccccc1. The van der Waals surface area contributed by atoms with E-state index in [0.717, 1.165) is 19.6 Å². The summed E-state index contributed by atoms with van der Waals surface area (Å²) in [6.45, 7) is 8.67. The predicted octanol–water partition coefficient (Wildman–Crippen LogP) is 3.48. The fourth-order valence-electron chi connectivity index (χ4n) is 3.78. The van der Waals surface area contributed by atoms with Gasteiger partial charge in [0.05, 0.1) is 6.61 Å². The normalized spacial score (nSPS) is 18.3. The highest BCUT2D eigenvalue weighted by atomic mass is 28.4. The van der Waals surface area contributed by atoms with Gasteiger partial charge in [0.1, 0.15) is 0 Å². The fraction of sp³-hybridized carbons (Fsp3) is 0.364. The van der Waals surface area contributed by atoms with Gasteiger partial charge in [-0.05, 0) is 21.8 Å². The van der Waals surface area contributed by atoms with E-state index in [9.17, 15) is 0 Å². The fourth-order valence-corrected chi connectivity index (χ4v) is 8.38. The van der Waals surface area contributed by atoms with Crippen LogP contribution in [0.2, 0.25) is 5.04 Å². The lowest BCUT2D eigenvalue weighted by molar-refractivity contribution is 0.250. The summed E-state index contributed by atoms with van der Waals surface area (Å²) >= 11 is 0. The summed E-state index contributed by atoms with van der Waals surface area (Å²) in [6.07, 6.45) is 5.49. The average molecular weight is 352 g/mol. The molecule has 0 radical (unpaired) electrons. The molecule has 3 rings (SSSR count). The highest BCUT2D eigenvalue weighted by Gasteiger charge is 2.50. The smallest absolute Gasteiger partial charge is 0.261 e. The molecule has 0 spiro atoms. The maximum atomic E-state index is 6.95. The molecule has 2 nitrogen and oxygen atoms in total. The highest BCUT2D eigenvalue weighted by Crippen LogP contribution is 2.36. The maximum Gasteiger partial charge on any atom is 0.261 e. The van der Waals surface area contributed by atoms with Crippen LogP contribution >= 0.6 is 0 Å². The third-order valence-corrected chi connectivity index (χ3v) is 10.0. The monoisotopic (exact) mass is 351 g/mol. The van der Waals surface area contributed by atoms with E-state index in [1.807, 2.05) is 0 Å². The van der Waals surface area contributed by atoms with Crippen LogP contribution in [0.25, 0.3) is 0 Å². The minimum absolute atomic E-state index is 0.0419. The van der Waals surface area contributed by atoms with E-state index in [0.29, 0.717) is 6.04 Å². The first-order valence-corrected chi connectivity index (χ1v) is 11.1. The van der Waals surface area contributed by atoms with Gasteiger partial charge < -0.3 is 9.74 Å². The van der Waals surface area contributed by atoms with E-state index >= 15 is 0 Å². The predicted molar refractivity (Wildman–Crippen MR) is 109 cm³/mol. The zero-order chi connectivity index (χ0) is 17.8. The molecule has 0 fully saturated rings. The van der Waals surface area contributed by atoms with Crippen LogP contribution in [0, 0.1) is 0 Å². The average Bonchev–Trinajstić information content (AvgIpc) is 2.64. The van der Waals surface area contributed by atoms with Crippen molar-refractivity contribution >= 4 is 18.7 Å². The molecular weight excluding hydrogens is 322 g/mol. The molecule has 1 heterocycles. The van der Waals surface area contributed by atoms with Crippen molar-refractivity contribution in [2.24, 2.45) is 0 Å². The molecule has 1 aliphatic rings. The first-order valence-electron chi connectivity index (χ1n) is 9.17. The summed E-state index contributed by atoms with van der Waals surface area (Å²) in [5.74, 6) is 0. The molecular formula is C22H29NOSi. The minimum Gasteiger partial charge on any atom is -0.406 e. The van der Waals surface area contributed by atoms with Gasteiger partial charge in [0.25, 0.3) is 8.32 Å². The number of hydrogen-bond acceptors (Lipinski definition) is 2. The summed E-state index contributed by atoms with van der Waals surface area (Å²) < 4.78 is 6.95. The van der Waals surface area contributed by atoms with Gasteiger partial charge >= 0.3 is 0 Å². The molecule has 132 valence electrons. The van der Waals surface area contributed by atoms with E-state index in [1.54, 1.807) is 0 Å². The van der Waals surface area contributed by atoms with Crippen molar-refractivity contribution in [1.29, 1.82) is 0 Å². The van der Waals surface area contributed by atoms with Crippen molar-refractivity contribution in [3.63, 3.8) is 0 Å². The van der Waals surface area contributed by atoms with Crippen LogP contribution in [-0.2, 0) is 4.43 Å². The van der Waals surface area contributed by atoms with Crippen LogP contribution < -0.4 is 15.7 Å². The van der Waals surface area contributed by atoms with Crippen LogP contribution in [0.1, 0.15) is 27.2 Å². The molecule has 1 N–H and O–H groups in total. The van der Waals surface area contributed by atoms with Crippen molar-refractivity contribution in [1.82, 2.24) is 5.32 Å². The standard InChI is InChI=1S/C22H29NOSi/c1-22(2,3)25(20-13-6-4-7-14-20,21-15-8-5-9-16-21)24-18-19-12-10-11-17-23-19/h4-11,13-16,19,23H,12,17-18H2,1-3H3. The summed E-state index contributed by atoms with van der Waals surface area (Å²) in [7, 11) is -2.40. The Morgan fingerprint density at radius 2 is 1.48 bits per heavy atom. The quantitative estimate of drug-likeness (QED) is 0.658. The van der Waals surface area contributed by atoms with Gasteiger partial charge in [-0.1, -0.05) is 93.6 Å². The summed E-state index contributed by atoms with van der Waals surface area (Å²) in [5.41, 5.74) is 0. The molecule has 2 aromatic rings. The van der Waals surface area contributed by atoms with E-state index in [1.165, 1.54) is 10.4 Å². The molecule has 1 unspecified atom stereocenters. The molecule has 0 saturated carbocycles. The lowest BCUT2D eigenvalue weighted by Gasteiger charge is -2.43. The van der Waals surface area contributed by atoms with Crippen molar-refractivity contribution in [2.75, 3.05) is 13.2 Å². The largest absolute Gasteiger partial charge is 0.406 e. The number of hydrogen-bond donors (Lipinski definition) is 1. The minimum atomic E-state index is -2.40. The Hall–Kier alpha value is -1.68. The second-order valence-electron chi connectivity index (χ2n) is 7.79. The van der Waals surface area contributed by atoms with E-state index in [-0.39, 0.29) is 5.04 Å². The number of rotatable bonds is 5. The third kappa shape index (κ3) is 3.79. The van der Waals surface area contributed by atoms with Gasteiger partial charge in [-0.25, -0.2) is 0 Å². The van der Waals surface area contributed by atoms with E-state index in [4.69, 9.17) is 4.43 Å². The zero-order valence-corrected chi connectivity index (χ0v) is 16.5. The maximum absolute atomic E-state index is 6.95. The Labute approximate surface area is 153 Å². The van der Waals surface area contributed by atoms with Gasteiger partial charge in [0.2, 0.25) is 0 Å². The van der Waals surface area contributed by atoms with E-state index in [2.05, 4.69) is 98.9 Å². The van der Waals surface area contributed by atoms with Crippen molar-refractivity contribution in [3.05, 3.63) is 72.8 Å². The van der Waals surface area contributed by atoms with Crippen molar-refractivity contribution in [2.45, 2.75) is 38.3 Å². The van der Waals surface area contributed by atoms with Crippen LogP contribution in [0.5, 0.6) is 0 Å². The molecule has 0 saturated heterocycles. The zero-order valence-electron chi connectivity index (χ0n) is 15.5.